The van der Waals surface area contributed by atoms with Gasteiger partial charge in [0.25, 0.3) is 0 Å². The number of aliphatic hydroxyl groups excluding tert-OH is 1. The van der Waals surface area contributed by atoms with E-state index in [9.17, 15) is 9.90 Å². The number of hydrogen-bond donors (Lipinski definition) is 1. The van der Waals surface area contributed by atoms with Crippen molar-refractivity contribution in [2.24, 2.45) is 5.41 Å². The molecule has 3 rings (SSSR count). The molecule has 19 heavy (non-hydrogen) atoms. The zero-order chi connectivity index (χ0) is 13.5. The van der Waals surface area contributed by atoms with E-state index in [1.165, 1.54) is 12.8 Å². The maximum atomic E-state index is 12.4. The zero-order valence-electron chi connectivity index (χ0n) is 12.0. The van der Waals surface area contributed by atoms with Crippen LogP contribution in [0.15, 0.2) is 0 Å². The number of rotatable bonds is 4. The fourth-order valence-electron chi connectivity index (χ4n) is 3.71. The van der Waals surface area contributed by atoms with Gasteiger partial charge in [0.1, 0.15) is 0 Å². The molecule has 0 aromatic carbocycles. The predicted molar refractivity (Wildman–Crippen MR) is 73.8 cm³/mol. The number of hydrogen-bond acceptors (Lipinski definition) is 3. The number of carbonyl (C=O) groups is 1. The minimum atomic E-state index is 0.119. The lowest BCUT2D eigenvalue weighted by Gasteiger charge is -2.42. The molecule has 4 nitrogen and oxygen atoms in total. The van der Waals surface area contributed by atoms with Crippen molar-refractivity contribution in [3.8, 4) is 0 Å². The first kappa shape index (κ1) is 13.4. The molecular formula is C15H26N2O2. The Hall–Kier alpha value is -0.610. The first-order valence-corrected chi connectivity index (χ1v) is 7.84. The average Bonchev–Trinajstić information content (AvgIpc) is 3.22. The molecule has 1 N–H and O–H groups in total. The van der Waals surface area contributed by atoms with Crippen LogP contribution in [0.5, 0.6) is 0 Å². The van der Waals surface area contributed by atoms with Crippen LogP contribution in [-0.4, -0.2) is 59.1 Å². The Balaban J connectivity index is 1.58. The van der Waals surface area contributed by atoms with Gasteiger partial charge in [0.2, 0.25) is 5.91 Å². The third-order valence-electron chi connectivity index (χ3n) is 5.58. The SMILES string of the molecule is CCC1(CO)CCN(C2CCN(C3CC3)C2=O)CC1. The van der Waals surface area contributed by atoms with Gasteiger partial charge in [0.15, 0.2) is 0 Å². The molecule has 0 spiro atoms. The Bertz CT molecular complexity index is 340. The van der Waals surface area contributed by atoms with Crippen molar-refractivity contribution in [3.05, 3.63) is 0 Å². The second-order valence-corrected chi connectivity index (χ2v) is 6.61. The van der Waals surface area contributed by atoms with Crippen LogP contribution in [0.4, 0.5) is 0 Å². The van der Waals surface area contributed by atoms with Crippen LogP contribution in [-0.2, 0) is 4.79 Å². The summed E-state index contributed by atoms with van der Waals surface area (Å²) in [5, 5.41) is 9.57. The molecule has 0 bridgehead atoms. The number of likely N-dealkylation sites (tertiary alicyclic amines) is 2. The fraction of sp³-hybridized carbons (Fsp3) is 0.933. The Labute approximate surface area is 115 Å². The normalized spacial score (nSPS) is 32.0. The topological polar surface area (TPSA) is 43.8 Å². The molecule has 3 fully saturated rings. The fourth-order valence-corrected chi connectivity index (χ4v) is 3.71. The predicted octanol–water partition coefficient (Wildman–Crippen LogP) is 1.23. The van der Waals surface area contributed by atoms with E-state index < -0.39 is 0 Å². The summed E-state index contributed by atoms with van der Waals surface area (Å²) in [4.78, 5) is 16.9. The summed E-state index contributed by atoms with van der Waals surface area (Å²) >= 11 is 0. The van der Waals surface area contributed by atoms with Gasteiger partial charge in [-0.15, -0.1) is 0 Å². The largest absolute Gasteiger partial charge is 0.396 e. The number of nitrogens with zero attached hydrogens (tertiary/aromatic N) is 2. The van der Waals surface area contributed by atoms with E-state index in [4.69, 9.17) is 0 Å². The maximum Gasteiger partial charge on any atom is 0.240 e. The third kappa shape index (κ3) is 2.40. The molecular weight excluding hydrogens is 240 g/mol. The molecule has 1 amide bonds. The quantitative estimate of drug-likeness (QED) is 0.832. The Morgan fingerprint density at radius 3 is 2.42 bits per heavy atom. The summed E-state index contributed by atoms with van der Waals surface area (Å²) in [6.07, 6.45) is 6.54. The Morgan fingerprint density at radius 1 is 1.21 bits per heavy atom. The molecule has 108 valence electrons. The first-order chi connectivity index (χ1) is 9.19. The van der Waals surface area contributed by atoms with E-state index in [-0.39, 0.29) is 11.5 Å². The molecule has 1 atom stereocenters. The Kier molecular flexibility index (Phi) is 3.56. The minimum absolute atomic E-state index is 0.119. The smallest absolute Gasteiger partial charge is 0.240 e. The summed E-state index contributed by atoms with van der Waals surface area (Å²) in [6.45, 7) is 5.38. The maximum absolute atomic E-state index is 12.4. The van der Waals surface area contributed by atoms with Crippen LogP contribution in [0.25, 0.3) is 0 Å². The second kappa shape index (κ2) is 5.06. The number of aliphatic hydroxyl groups is 1. The summed E-state index contributed by atoms with van der Waals surface area (Å²) < 4.78 is 0. The summed E-state index contributed by atoms with van der Waals surface area (Å²) in [5.41, 5.74) is 0.119. The standard InChI is InChI=1S/C15H26N2O2/c1-2-15(11-18)6-9-16(10-7-15)13-5-8-17(14(13)19)12-3-4-12/h12-13,18H,2-11H2,1H3. The van der Waals surface area contributed by atoms with Crippen molar-refractivity contribution < 1.29 is 9.90 Å². The van der Waals surface area contributed by atoms with Gasteiger partial charge in [-0.1, -0.05) is 6.92 Å². The van der Waals surface area contributed by atoms with Crippen molar-refractivity contribution in [2.75, 3.05) is 26.2 Å². The van der Waals surface area contributed by atoms with E-state index in [2.05, 4.69) is 16.7 Å². The van der Waals surface area contributed by atoms with E-state index in [0.29, 0.717) is 18.6 Å². The molecule has 0 aromatic heterocycles. The van der Waals surface area contributed by atoms with Gasteiger partial charge in [-0.3, -0.25) is 9.69 Å². The number of carbonyl (C=O) groups excluding carboxylic acids is 1. The van der Waals surface area contributed by atoms with Crippen LogP contribution in [0.1, 0.15) is 45.4 Å². The van der Waals surface area contributed by atoms with Crippen molar-refractivity contribution >= 4 is 5.91 Å². The molecule has 0 aromatic rings. The highest BCUT2D eigenvalue weighted by molar-refractivity contribution is 5.84. The molecule has 1 saturated carbocycles. The molecule has 2 heterocycles. The molecule has 2 aliphatic heterocycles. The van der Waals surface area contributed by atoms with Gasteiger partial charge in [-0.2, -0.15) is 0 Å². The van der Waals surface area contributed by atoms with E-state index in [1.807, 2.05) is 0 Å². The van der Waals surface area contributed by atoms with E-state index in [0.717, 1.165) is 45.3 Å². The monoisotopic (exact) mass is 266 g/mol. The summed E-state index contributed by atoms with van der Waals surface area (Å²) in [6, 6.07) is 0.698. The molecule has 0 radical (unpaired) electrons. The summed E-state index contributed by atoms with van der Waals surface area (Å²) in [5.74, 6) is 0.371. The van der Waals surface area contributed by atoms with Crippen molar-refractivity contribution in [2.45, 2.75) is 57.5 Å². The van der Waals surface area contributed by atoms with Crippen LogP contribution >= 0.6 is 0 Å². The molecule has 4 heteroatoms. The minimum Gasteiger partial charge on any atom is -0.396 e. The summed E-state index contributed by atoms with van der Waals surface area (Å²) in [7, 11) is 0. The van der Waals surface area contributed by atoms with Crippen LogP contribution < -0.4 is 0 Å². The van der Waals surface area contributed by atoms with Gasteiger partial charge in [0, 0.05) is 19.2 Å². The highest BCUT2D eigenvalue weighted by Gasteiger charge is 2.44. The lowest BCUT2D eigenvalue weighted by atomic mass is 9.76. The van der Waals surface area contributed by atoms with Gasteiger partial charge in [-0.25, -0.2) is 0 Å². The van der Waals surface area contributed by atoms with Gasteiger partial charge in [-0.05, 0) is 57.0 Å². The lowest BCUT2D eigenvalue weighted by Crippen LogP contribution is -2.49. The second-order valence-electron chi connectivity index (χ2n) is 6.61. The first-order valence-electron chi connectivity index (χ1n) is 7.84. The highest BCUT2D eigenvalue weighted by atomic mass is 16.3. The van der Waals surface area contributed by atoms with Crippen molar-refractivity contribution in [3.63, 3.8) is 0 Å². The Morgan fingerprint density at radius 2 is 1.89 bits per heavy atom. The lowest BCUT2D eigenvalue weighted by molar-refractivity contribution is -0.133. The van der Waals surface area contributed by atoms with Crippen LogP contribution in [0.2, 0.25) is 0 Å². The molecule has 3 aliphatic rings. The van der Waals surface area contributed by atoms with Gasteiger partial charge in [0.05, 0.1) is 6.04 Å². The van der Waals surface area contributed by atoms with Crippen LogP contribution in [0, 0.1) is 5.41 Å². The van der Waals surface area contributed by atoms with E-state index in [1.54, 1.807) is 0 Å². The van der Waals surface area contributed by atoms with Crippen molar-refractivity contribution in [1.29, 1.82) is 0 Å². The molecule has 1 aliphatic carbocycles. The number of piperidine rings is 1. The van der Waals surface area contributed by atoms with Crippen molar-refractivity contribution in [1.82, 2.24) is 9.80 Å². The third-order valence-corrected chi connectivity index (χ3v) is 5.58. The number of amides is 1. The molecule has 1 unspecified atom stereocenters. The average molecular weight is 266 g/mol. The molecule has 2 saturated heterocycles. The van der Waals surface area contributed by atoms with Gasteiger partial charge < -0.3 is 10.0 Å². The van der Waals surface area contributed by atoms with Crippen LogP contribution in [0.3, 0.4) is 0 Å². The zero-order valence-corrected chi connectivity index (χ0v) is 12.0. The van der Waals surface area contributed by atoms with Gasteiger partial charge >= 0.3 is 0 Å². The highest BCUT2D eigenvalue weighted by Crippen LogP contribution is 2.37. The van der Waals surface area contributed by atoms with E-state index >= 15 is 0 Å².